The number of aromatic nitrogens is 2. The largest absolute Gasteiger partial charge is 0.381 e. The maximum absolute atomic E-state index is 12.1. The van der Waals surface area contributed by atoms with Crippen LogP contribution in [0.5, 0.6) is 0 Å². The van der Waals surface area contributed by atoms with E-state index >= 15 is 0 Å². The molecule has 0 bridgehead atoms. The first-order valence-electron chi connectivity index (χ1n) is 5.72. The fraction of sp³-hybridized carbons (Fsp3) is 0.600. The molecule has 0 saturated carbocycles. The van der Waals surface area contributed by atoms with Crippen molar-refractivity contribution in [2.45, 2.75) is 32.2 Å². The summed E-state index contributed by atoms with van der Waals surface area (Å²) in [6, 6.07) is 0. The number of hydrogen-bond acceptors (Lipinski definition) is 5. The van der Waals surface area contributed by atoms with Crippen molar-refractivity contribution in [1.29, 1.82) is 0 Å². The maximum atomic E-state index is 12.1. The van der Waals surface area contributed by atoms with Crippen molar-refractivity contribution in [2.75, 3.05) is 12.3 Å². The van der Waals surface area contributed by atoms with Gasteiger partial charge in [-0.1, -0.05) is 0 Å². The Morgan fingerprint density at radius 3 is 2.53 bits per heavy atom. The smallest absolute Gasteiger partial charge is 0.245 e. The Kier molecular flexibility index (Phi) is 4.21. The molecule has 0 radical (unpaired) electrons. The third-order valence-corrected chi connectivity index (χ3v) is 4.16. The summed E-state index contributed by atoms with van der Waals surface area (Å²) in [4.78, 5) is 11.0. The van der Waals surface area contributed by atoms with Crippen molar-refractivity contribution in [2.24, 2.45) is 11.1 Å². The first kappa shape index (κ1) is 15.4. The van der Waals surface area contributed by atoms with Crippen molar-refractivity contribution in [1.82, 2.24) is 14.5 Å². The van der Waals surface area contributed by atoms with Crippen LogP contribution in [0.15, 0.2) is 11.1 Å². The molecule has 19 heavy (non-hydrogen) atoms. The lowest BCUT2D eigenvalue weighted by Gasteiger charge is -2.20. The zero-order valence-corrected chi connectivity index (χ0v) is 12.0. The number of sulfonamides is 1. The van der Waals surface area contributed by atoms with E-state index in [2.05, 4.69) is 9.82 Å². The standard InChI is InChI=1S/C10H19N5O3S/c1-4-15-5-7(8(11)14-15)19(17,18)13-6-10(2,3)9(12)16/h5,13H,4,6H2,1-3H3,(H2,11,14)(H2,12,16). The minimum Gasteiger partial charge on any atom is -0.381 e. The van der Waals surface area contributed by atoms with Crippen LogP contribution >= 0.6 is 0 Å². The molecule has 108 valence electrons. The van der Waals surface area contributed by atoms with Crippen molar-refractivity contribution < 1.29 is 13.2 Å². The highest BCUT2D eigenvalue weighted by Gasteiger charge is 2.29. The molecule has 5 N–H and O–H groups in total. The second-order valence-corrected chi connectivity index (χ2v) is 6.54. The Bertz CT molecular complexity index is 576. The summed E-state index contributed by atoms with van der Waals surface area (Å²) in [5.74, 6) is -0.668. The van der Waals surface area contributed by atoms with Gasteiger partial charge in [0.1, 0.15) is 4.90 Å². The maximum Gasteiger partial charge on any atom is 0.245 e. The number of anilines is 1. The van der Waals surface area contributed by atoms with Gasteiger partial charge in [0.2, 0.25) is 15.9 Å². The van der Waals surface area contributed by atoms with Gasteiger partial charge in [-0.15, -0.1) is 0 Å². The van der Waals surface area contributed by atoms with Crippen molar-refractivity contribution in [3.63, 3.8) is 0 Å². The van der Waals surface area contributed by atoms with E-state index in [1.807, 2.05) is 6.92 Å². The molecule has 1 heterocycles. The van der Waals surface area contributed by atoms with Crippen LogP contribution in [0.25, 0.3) is 0 Å². The number of aryl methyl sites for hydroxylation is 1. The number of carbonyl (C=O) groups excluding carboxylic acids is 1. The second kappa shape index (κ2) is 5.17. The Balaban J connectivity index is 2.93. The molecule has 8 nitrogen and oxygen atoms in total. The van der Waals surface area contributed by atoms with Gasteiger partial charge < -0.3 is 11.5 Å². The first-order valence-corrected chi connectivity index (χ1v) is 7.21. The predicted molar refractivity (Wildman–Crippen MR) is 70.5 cm³/mol. The van der Waals surface area contributed by atoms with Gasteiger partial charge >= 0.3 is 0 Å². The summed E-state index contributed by atoms with van der Waals surface area (Å²) in [5, 5.41) is 3.86. The molecule has 0 aromatic carbocycles. The zero-order valence-electron chi connectivity index (χ0n) is 11.2. The molecular formula is C10H19N5O3S. The molecule has 9 heteroatoms. The second-order valence-electron chi connectivity index (χ2n) is 4.81. The van der Waals surface area contributed by atoms with E-state index in [0.29, 0.717) is 6.54 Å². The van der Waals surface area contributed by atoms with Crippen LogP contribution in [-0.4, -0.2) is 30.7 Å². The fourth-order valence-corrected chi connectivity index (χ4v) is 2.51. The molecule has 0 unspecified atom stereocenters. The van der Waals surface area contributed by atoms with Gasteiger partial charge in [-0.25, -0.2) is 13.1 Å². The molecule has 0 atom stereocenters. The van der Waals surface area contributed by atoms with Gasteiger partial charge in [-0.05, 0) is 20.8 Å². The molecule has 0 fully saturated rings. The van der Waals surface area contributed by atoms with E-state index in [0.717, 1.165) is 0 Å². The highest BCUT2D eigenvalue weighted by molar-refractivity contribution is 7.89. The highest BCUT2D eigenvalue weighted by atomic mass is 32.2. The van der Waals surface area contributed by atoms with Gasteiger partial charge in [0.05, 0.1) is 5.41 Å². The molecule has 0 aliphatic rings. The predicted octanol–water partition coefficient (Wildman–Crippen LogP) is -0.725. The summed E-state index contributed by atoms with van der Waals surface area (Å²) in [6.07, 6.45) is 1.34. The van der Waals surface area contributed by atoms with Crippen LogP contribution in [-0.2, 0) is 21.4 Å². The monoisotopic (exact) mass is 289 g/mol. The summed E-state index contributed by atoms with van der Waals surface area (Å²) < 4.78 is 27.8. The van der Waals surface area contributed by atoms with Crippen LogP contribution < -0.4 is 16.2 Å². The van der Waals surface area contributed by atoms with Crippen LogP contribution in [0.3, 0.4) is 0 Å². The Hall–Kier alpha value is -1.61. The third-order valence-electron chi connectivity index (χ3n) is 2.74. The van der Waals surface area contributed by atoms with Crippen LogP contribution in [0, 0.1) is 5.41 Å². The lowest BCUT2D eigenvalue weighted by molar-refractivity contribution is -0.125. The van der Waals surface area contributed by atoms with E-state index in [4.69, 9.17) is 11.5 Å². The van der Waals surface area contributed by atoms with E-state index < -0.39 is 21.3 Å². The molecule has 0 aliphatic carbocycles. The normalized spacial score (nSPS) is 12.6. The molecule has 0 spiro atoms. The Labute approximate surface area is 112 Å². The van der Waals surface area contributed by atoms with Crippen LogP contribution in [0.1, 0.15) is 20.8 Å². The van der Waals surface area contributed by atoms with E-state index in [1.54, 1.807) is 13.8 Å². The van der Waals surface area contributed by atoms with E-state index in [1.165, 1.54) is 10.9 Å². The molecule has 1 aromatic rings. The summed E-state index contributed by atoms with van der Waals surface area (Å²) in [6.45, 7) is 5.31. The minimum atomic E-state index is -3.81. The van der Waals surface area contributed by atoms with Crippen molar-refractivity contribution in [3.8, 4) is 0 Å². The number of primary amides is 1. The molecular weight excluding hydrogens is 270 g/mol. The Morgan fingerprint density at radius 2 is 2.11 bits per heavy atom. The summed E-state index contributed by atoms with van der Waals surface area (Å²) >= 11 is 0. The molecule has 1 rings (SSSR count). The number of carbonyl (C=O) groups is 1. The molecule has 1 aromatic heterocycles. The number of amides is 1. The number of nitrogens with one attached hydrogen (secondary N) is 1. The Morgan fingerprint density at radius 1 is 1.53 bits per heavy atom. The zero-order chi connectivity index (χ0) is 14.8. The number of nitrogens with zero attached hydrogens (tertiary/aromatic N) is 2. The quantitative estimate of drug-likeness (QED) is 0.635. The lowest BCUT2D eigenvalue weighted by Crippen LogP contribution is -2.42. The summed E-state index contributed by atoms with van der Waals surface area (Å²) in [7, 11) is -3.81. The number of nitrogen functional groups attached to an aromatic ring is 1. The van der Waals surface area contributed by atoms with Gasteiger partial charge in [0, 0.05) is 19.3 Å². The minimum absolute atomic E-state index is 0.0776. The lowest BCUT2D eigenvalue weighted by atomic mass is 9.93. The van der Waals surface area contributed by atoms with Crippen molar-refractivity contribution in [3.05, 3.63) is 6.20 Å². The van der Waals surface area contributed by atoms with Crippen LogP contribution in [0.2, 0.25) is 0 Å². The van der Waals surface area contributed by atoms with Gasteiger partial charge in [-0.2, -0.15) is 5.10 Å². The topological polar surface area (TPSA) is 133 Å². The molecule has 0 saturated heterocycles. The molecule has 1 amide bonds. The number of hydrogen-bond donors (Lipinski definition) is 3. The number of nitrogens with two attached hydrogens (primary N) is 2. The van der Waals surface area contributed by atoms with Gasteiger partial charge in [0.15, 0.2) is 5.82 Å². The highest BCUT2D eigenvalue weighted by Crippen LogP contribution is 2.18. The fourth-order valence-electron chi connectivity index (χ4n) is 1.23. The number of rotatable bonds is 6. The van der Waals surface area contributed by atoms with E-state index in [-0.39, 0.29) is 17.3 Å². The first-order chi connectivity index (χ1) is 8.60. The third kappa shape index (κ3) is 3.44. The summed E-state index contributed by atoms with van der Waals surface area (Å²) in [5.41, 5.74) is 9.75. The SMILES string of the molecule is CCn1cc(S(=O)(=O)NCC(C)(C)C(N)=O)c(N)n1. The average molecular weight is 289 g/mol. The van der Waals surface area contributed by atoms with E-state index in [9.17, 15) is 13.2 Å². The van der Waals surface area contributed by atoms with Gasteiger partial charge in [-0.3, -0.25) is 9.48 Å². The average Bonchev–Trinajstić information content (AvgIpc) is 2.69. The van der Waals surface area contributed by atoms with Crippen molar-refractivity contribution >= 4 is 21.7 Å². The van der Waals surface area contributed by atoms with Gasteiger partial charge in [0.25, 0.3) is 0 Å². The van der Waals surface area contributed by atoms with Crippen LogP contribution in [0.4, 0.5) is 5.82 Å². The molecule has 0 aliphatic heterocycles.